The highest BCUT2D eigenvalue weighted by atomic mass is 16.6. The fraction of sp³-hybridized carbons (Fsp3) is 0.750. The summed E-state index contributed by atoms with van der Waals surface area (Å²) < 4.78 is 9.90. The van der Waals surface area contributed by atoms with E-state index in [-0.39, 0.29) is 41.5 Å². The van der Waals surface area contributed by atoms with Gasteiger partial charge in [0.2, 0.25) is 17.4 Å². The van der Waals surface area contributed by atoms with E-state index in [0.29, 0.717) is 12.3 Å². The monoisotopic (exact) mass is 408 g/mol. The van der Waals surface area contributed by atoms with E-state index in [2.05, 4.69) is 10.6 Å². The Morgan fingerprint density at radius 3 is 1.83 bits per heavy atom. The SMILES string of the molecule is CC(C)C(=O)[C@@]12NC(=O)[C@H](C)[C@@H]1OC2=O.CC(C)C[C@@]12NC(=O)[C@H](C)[C@@H]1OC2=O. The summed E-state index contributed by atoms with van der Waals surface area (Å²) in [6.45, 7) is 10.9. The number of esters is 2. The van der Waals surface area contributed by atoms with Crippen molar-refractivity contribution in [3.8, 4) is 0 Å². The second-order valence-corrected chi connectivity index (χ2v) is 9.10. The Kier molecular flexibility index (Phi) is 4.99. The highest BCUT2D eigenvalue weighted by molar-refractivity contribution is 6.18. The second-order valence-electron chi connectivity index (χ2n) is 9.10. The van der Waals surface area contributed by atoms with Gasteiger partial charge < -0.3 is 20.1 Å². The molecule has 0 radical (unpaired) electrons. The van der Waals surface area contributed by atoms with Gasteiger partial charge in [-0.05, 0) is 26.2 Å². The Hall–Kier alpha value is -2.45. The molecule has 6 atom stereocenters. The normalized spacial score (nSPS) is 39.2. The van der Waals surface area contributed by atoms with Gasteiger partial charge in [0.25, 0.3) is 0 Å². The van der Waals surface area contributed by atoms with Crippen LogP contribution in [0.1, 0.15) is 48.0 Å². The molecule has 0 saturated carbocycles. The lowest BCUT2D eigenvalue weighted by molar-refractivity contribution is -0.194. The van der Waals surface area contributed by atoms with Crippen LogP contribution in [-0.4, -0.2) is 52.8 Å². The lowest BCUT2D eigenvalue weighted by Crippen LogP contribution is -2.72. The van der Waals surface area contributed by atoms with Crippen LogP contribution in [0.2, 0.25) is 0 Å². The van der Waals surface area contributed by atoms with Crippen molar-refractivity contribution in [2.24, 2.45) is 23.7 Å². The first kappa shape index (κ1) is 21.3. The molecule has 2 N–H and O–H groups in total. The molecule has 4 fully saturated rings. The number of ether oxygens (including phenoxy) is 2. The molecule has 0 aromatic heterocycles. The lowest BCUT2D eigenvalue weighted by Gasteiger charge is -2.43. The van der Waals surface area contributed by atoms with E-state index in [1.165, 1.54) is 0 Å². The zero-order valence-electron chi connectivity index (χ0n) is 17.5. The smallest absolute Gasteiger partial charge is 0.344 e. The summed E-state index contributed by atoms with van der Waals surface area (Å²) >= 11 is 0. The van der Waals surface area contributed by atoms with Crippen molar-refractivity contribution in [1.29, 1.82) is 0 Å². The summed E-state index contributed by atoms with van der Waals surface area (Å²) in [5, 5.41) is 5.27. The third kappa shape index (κ3) is 2.85. The van der Waals surface area contributed by atoms with Gasteiger partial charge in [0.15, 0.2) is 17.4 Å². The number of hydrogen-bond acceptors (Lipinski definition) is 7. The average Bonchev–Trinajstić information content (AvgIpc) is 2.95. The number of amides is 2. The summed E-state index contributed by atoms with van der Waals surface area (Å²) in [6, 6.07) is 0. The van der Waals surface area contributed by atoms with E-state index in [0.717, 1.165) is 0 Å². The fourth-order valence-corrected chi connectivity index (χ4v) is 4.55. The number of carbonyl (C=O) groups is 5. The fourth-order valence-electron chi connectivity index (χ4n) is 4.55. The molecule has 9 nitrogen and oxygen atoms in total. The molecule has 0 spiro atoms. The Morgan fingerprint density at radius 1 is 0.897 bits per heavy atom. The maximum absolute atomic E-state index is 11.9. The zero-order chi connectivity index (χ0) is 21.9. The summed E-state index contributed by atoms with van der Waals surface area (Å²) in [5.74, 6) is -2.08. The molecule has 0 unspecified atom stereocenters. The maximum Gasteiger partial charge on any atom is 0.344 e. The first-order chi connectivity index (χ1) is 13.4. The first-order valence-electron chi connectivity index (χ1n) is 9.99. The van der Waals surface area contributed by atoms with Gasteiger partial charge in [-0.1, -0.05) is 27.7 Å². The number of fused-ring (bicyclic) bond motifs is 2. The van der Waals surface area contributed by atoms with E-state index in [4.69, 9.17) is 9.47 Å². The molecule has 2 amide bonds. The predicted molar refractivity (Wildman–Crippen MR) is 99.1 cm³/mol. The maximum atomic E-state index is 11.9. The number of hydrogen-bond donors (Lipinski definition) is 2. The Bertz CT molecular complexity index is 792. The predicted octanol–water partition coefficient (Wildman–Crippen LogP) is 0.104. The summed E-state index contributed by atoms with van der Waals surface area (Å²) in [6.07, 6.45) is -0.190. The quantitative estimate of drug-likeness (QED) is 0.499. The van der Waals surface area contributed by atoms with Crippen LogP contribution in [0.15, 0.2) is 0 Å². The van der Waals surface area contributed by atoms with Gasteiger partial charge in [-0.15, -0.1) is 0 Å². The Labute approximate surface area is 169 Å². The van der Waals surface area contributed by atoms with Gasteiger partial charge in [0.05, 0.1) is 11.8 Å². The molecule has 0 aromatic carbocycles. The average molecular weight is 408 g/mol. The van der Waals surface area contributed by atoms with Crippen molar-refractivity contribution in [2.45, 2.75) is 71.2 Å². The second kappa shape index (κ2) is 6.81. The van der Waals surface area contributed by atoms with Gasteiger partial charge in [-0.2, -0.15) is 0 Å². The largest absolute Gasteiger partial charge is 0.457 e. The van der Waals surface area contributed by atoms with Crippen molar-refractivity contribution in [1.82, 2.24) is 10.6 Å². The standard InChI is InChI=1S/C10H13NO4.C10H15NO3/c1-4(2)6(12)10-7(15-9(10)14)5(3)8(13)11-10;1-5(2)4-10-7(14-9(10)13)6(3)8(12)11-10/h4-5,7H,1-3H3,(H,11,13);5-7H,4H2,1-3H3,(H,11,12)/t5-,7+,10-;6-,7+,10-/m11/s1. The molecule has 160 valence electrons. The van der Waals surface area contributed by atoms with Crippen LogP contribution in [0.4, 0.5) is 0 Å². The van der Waals surface area contributed by atoms with Crippen molar-refractivity contribution in [2.75, 3.05) is 0 Å². The zero-order valence-corrected chi connectivity index (χ0v) is 17.5. The molecule has 4 saturated heterocycles. The lowest BCUT2D eigenvalue weighted by atomic mass is 9.77. The molecule has 4 rings (SSSR count). The van der Waals surface area contributed by atoms with Crippen LogP contribution >= 0.6 is 0 Å². The molecule has 4 aliphatic rings. The van der Waals surface area contributed by atoms with Crippen LogP contribution in [0.3, 0.4) is 0 Å². The Balaban J connectivity index is 0.000000166. The number of nitrogens with one attached hydrogen (secondary N) is 2. The summed E-state index contributed by atoms with van der Waals surface area (Å²) in [7, 11) is 0. The molecule has 9 heteroatoms. The molecular weight excluding hydrogens is 380 g/mol. The van der Waals surface area contributed by atoms with Crippen LogP contribution in [0, 0.1) is 23.7 Å². The van der Waals surface area contributed by atoms with E-state index in [1.54, 1.807) is 27.7 Å². The van der Waals surface area contributed by atoms with Gasteiger partial charge in [-0.3, -0.25) is 14.4 Å². The molecule has 0 aliphatic carbocycles. The highest BCUT2D eigenvalue weighted by Gasteiger charge is 2.71. The molecule has 0 aromatic rings. The molecule has 4 heterocycles. The number of Topliss-reactive ketones (excluding diaryl/α,β-unsaturated/α-hetero) is 1. The molecule has 4 aliphatic heterocycles. The highest BCUT2D eigenvalue weighted by Crippen LogP contribution is 2.42. The van der Waals surface area contributed by atoms with Crippen molar-refractivity contribution in [3.05, 3.63) is 0 Å². The van der Waals surface area contributed by atoms with Crippen molar-refractivity contribution >= 4 is 29.5 Å². The minimum atomic E-state index is -1.38. The van der Waals surface area contributed by atoms with Gasteiger partial charge in [-0.25, -0.2) is 9.59 Å². The molecular formula is C20H28N2O7. The number of carbonyl (C=O) groups excluding carboxylic acids is 5. The minimum Gasteiger partial charge on any atom is -0.457 e. The van der Waals surface area contributed by atoms with Gasteiger partial charge in [0, 0.05) is 5.92 Å². The van der Waals surface area contributed by atoms with E-state index >= 15 is 0 Å². The van der Waals surface area contributed by atoms with E-state index in [9.17, 15) is 24.0 Å². The van der Waals surface area contributed by atoms with Gasteiger partial charge >= 0.3 is 11.9 Å². The van der Waals surface area contributed by atoms with Crippen LogP contribution in [-0.2, 0) is 33.4 Å². The van der Waals surface area contributed by atoms with E-state index < -0.39 is 29.1 Å². The number of ketones is 1. The topological polar surface area (TPSA) is 128 Å². The van der Waals surface area contributed by atoms with Crippen LogP contribution in [0.25, 0.3) is 0 Å². The minimum absolute atomic E-state index is 0.0681. The Morgan fingerprint density at radius 2 is 1.41 bits per heavy atom. The molecule has 29 heavy (non-hydrogen) atoms. The summed E-state index contributed by atoms with van der Waals surface area (Å²) in [5.41, 5.74) is -2.09. The van der Waals surface area contributed by atoms with Crippen LogP contribution in [0.5, 0.6) is 0 Å². The van der Waals surface area contributed by atoms with Crippen molar-refractivity contribution in [3.63, 3.8) is 0 Å². The third-order valence-electron chi connectivity index (χ3n) is 6.11. The molecule has 0 bridgehead atoms. The van der Waals surface area contributed by atoms with Gasteiger partial charge in [0.1, 0.15) is 6.10 Å². The van der Waals surface area contributed by atoms with Crippen LogP contribution < -0.4 is 10.6 Å². The van der Waals surface area contributed by atoms with Crippen molar-refractivity contribution < 1.29 is 33.4 Å². The first-order valence-corrected chi connectivity index (χ1v) is 9.99. The third-order valence-corrected chi connectivity index (χ3v) is 6.11. The number of rotatable bonds is 4. The summed E-state index contributed by atoms with van der Waals surface area (Å²) in [4.78, 5) is 57.6. The van der Waals surface area contributed by atoms with E-state index in [1.807, 2.05) is 13.8 Å².